The molecule has 0 radical (unpaired) electrons. The van der Waals surface area contributed by atoms with Crippen LogP contribution >= 0.6 is 0 Å². The van der Waals surface area contributed by atoms with Gasteiger partial charge in [-0.25, -0.2) is 9.59 Å². The van der Waals surface area contributed by atoms with E-state index in [1.807, 2.05) is 6.07 Å². The fourth-order valence-electron chi connectivity index (χ4n) is 5.30. The molecule has 0 saturated carbocycles. The highest BCUT2D eigenvalue weighted by atomic mass is 16.5. The van der Waals surface area contributed by atoms with Gasteiger partial charge in [-0.15, -0.1) is 0 Å². The lowest BCUT2D eigenvalue weighted by Crippen LogP contribution is -2.21. The predicted octanol–water partition coefficient (Wildman–Crippen LogP) is 4.14. The van der Waals surface area contributed by atoms with Gasteiger partial charge in [-0.3, -0.25) is 29.5 Å². The number of nitrogens with zero attached hydrogens (tertiary/aromatic N) is 6. The first-order valence-corrected chi connectivity index (χ1v) is 14.9. The number of ether oxygens (including phenoxy) is 2. The molecule has 0 aliphatic carbocycles. The standard InChI is InChI=1S/C35H30N6O6/c1-4-46-34(44)26-13-28-31(38-21(26)2)8-11-41(33(28)43)19-24-12-25(17-37-16-24)20-47-35(45)27-14-29-30(39-22(27)3)7-10-40(32(29)42)18-23-6-5-9-36-15-23/h5-17H,4,18-20H2,1-3H3. The highest BCUT2D eigenvalue weighted by Gasteiger charge is 2.17. The van der Waals surface area contributed by atoms with E-state index in [-0.39, 0.29) is 42.0 Å². The molecule has 0 amide bonds. The summed E-state index contributed by atoms with van der Waals surface area (Å²) in [4.78, 5) is 69.4. The molecular weight excluding hydrogens is 600 g/mol. The molecule has 236 valence electrons. The molecule has 0 N–H and O–H groups in total. The molecule has 0 spiro atoms. The predicted molar refractivity (Wildman–Crippen MR) is 173 cm³/mol. The van der Waals surface area contributed by atoms with Gasteiger partial charge < -0.3 is 18.6 Å². The van der Waals surface area contributed by atoms with Crippen LogP contribution in [-0.4, -0.2) is 47.6 Å². The van der Waals surface area contributed by atoms with Gasteiger partial charge in [0.05, 0.1) is 64.0 Å². The molecule has 0 aliphatic rings. The van der Waals surface area contributed by atoms with Crippen molar-refractivity contribution in [1.82, 2.24) is 29.1 Å². The monoisotopic (exact) mass is 630 g/mol. The second-order valence-electron chi connectivity index (χ2n) is 11.0. The summed E-state index contributed by atoms with van der Waals surface area (Å²) in [6, 6.07) is 12.0. The van der Waals surface area contributed by atoms with Crippen LogP contribution < -0.4 is 11.1 Å². The molecule has 6 heterocycles. The van der Waals surface area contributed by atoms with Crippen LogP contribution in [0.4, 0.5) is 0 Å². The Morgan fingerprint density at radius 3 is 1.83 bits per heavy atom. The highest BCUT2D eigenvalue weighted by molar-refractivity contribution is 5.95. The van der Waals surface area contributed by atoms with E-state index in [1.54, 1.807) is 86.8 Å². The van der Waals surface area contributed by atoms with Crippen LogP contribution in [0.3, 0.4) is 0 Å². The minimum atomic E-state index is -0.629. The number of aromatic nitrogens is 6. The third kappa shape index (κ3) is 6.52. The smallest absolute Gasteiger partial charge is 0.340 e. The maximum absolute atomic E-state index is 13.3. The van der Waals surface area contributed by atoms with Crippen LogP contribution in [0.25, 0.3) is 21.8 Å². The molecule has 12 heteroatoms. The van der Waals surface area contributed by atoms with Crippen molar-refractivity contribution in [2.45, 2.75) is 40.5 Å². The van der Waals surface area contributed by atoms with Gasteiger partial charge in [-0.2, -0.15) is 0 Å². The molecule has 0 fully saturated rings. The second-order valence-corrected chi connectivity index (χ2v) is 11.0. The van der Waals surface area contributed by atoms with E-state index in [4.69, 9.17) is 9.47 Å². The van der Waals surface area contributed by atoms with Gasteiger partial charge in [0.25, 0.3) is 11.1 Å². The number of pyridine rings is 6. The number of hydrogen-bond donors (Lipinski definition) is 0. The topological polar surface area (TPSA) is 148 Å². The zero-order valence-electron chi connectivity index (χ0n) is 26.0. The van der Waals surface area contributed by atoms with Crippen molar-refractivity contribution in [2.75, 3.05) is 6.61 Å². The van der Waals surface area contributed by atoms with E-state index in [1.165, 1.54) is 16.7 Å². The van der Waals surface area contributed by atoms with Gasteiger partial charge in [0.15, 0.2) is 0 Å². The Hall–Kier alpha value is -6.04. The third-order valence-corrected chi connectivity index (χ3v) is 7.66. The average molecular weight is 631 g/mol. The highest BCUT2D eigenvalue weighted by Crippen LogP contribution is 2.18. The van der Waals surface area contributed by atoms with Gasteiger partial charge in [0.2, 0.25) is 0 Å². The lowest BCUT2D eigenvalue weighted by molar-refractivity contribution is 0.0469. The summed E-state index contributed by atoms with van der Waals surface area (Å²) < 4.78 is 13.7. The van der Waals surface area contributed by atoms with Crippen molar-refractivity contribution >= 4 is 33.7 Å². The summed E-state index contributed by atoms with van der Waals surface area (Å²) in [5.41, 5.74) is 3.87. The van der Waals surface area contributed by atoms with Crippen LogP contribution in [0.5, 0.6) is 0 Å². The zero-order chi connectivity index (χ0) is 33.1. The normalized spacial score (nSPS) is 11.1. The maximum Gasteiger partial charge on any atom is 0.340 e. The van der Waals surface area contributed by atoms with Crippen molar-refractivity contribution in [2.24, 2.45) is 0 Å². The number of esters is 2. The van der Waals surface area contributed by atoms with Crippen molar-refractivity contribution < 1.29 is 19.1 Å². The van der Waals surface area contributed by atoms with E-state index in [0.29, 0.717) is 50.9 Å². The van der Waals surface area contributed by atoms with Crippen LogP contribution in [0.2, 0.25) is 0 Å². The molecular formula is C35H30N6O6. The minimum absolute atomic E-state index is 0.0874. The van der Waals surface area contributed by atoms with Crippen LogP contribution in [0, 0.1) is 13.8 Å². The van der Waals surface area contributed by atoms with Crippen molar-refractivity contribution in [3.05, 3.63) is 140 Å². The number of fused-ring (bicyclic) bond motifs is 2. The van der Waals surface area contributed by atoms with Gasteiger partial charge in [0, 0.05) is 42.7 Å². The molecule has 0 aromatic carbocycles. The number of carbonyl (C=O) groups excluding carboxylic acids is 2. The molecule has 47 heavy (non-hydrogen) atoms. The summed E-state index contributed by atoms with van der Waals surface area (Å²) in [6.45, 7) is 5.73. The fraction of sp³-hybridized carbons (Fsp3) is 0.200. The zero-order valence-corrected chi connectivity index (χ0v) is 26.0. The number of hydrogen-bond acceptors (Lipinski definition) is 10. The van der Waals surface area contributed by atoms with Crippen LogP contribution in [0.1, 0.15) is 55.7 Å². The summed E-state index contributed by atoms with van der Waals surface area (Å²) in [5, 5.41) is 0.598. The molecule has 6 rings (SSSR count). The minimum Gasteiger partial charge on any atom is -0.462 e. The van der Waals surface area contributed by atoms with Crippen LogP contribution in [0.15, 0.2) is 89.2 Å². The summed E-state index contributed by atoms with van der Waals surface area (Å²) in [6.07, 6.45) is 9.85. The van der Waals surface area contributed by atoms with E-state index < -0.39 is 11.9 Å². The lowest BCUT2D eigenvalue weighted by atomic mass is 10.1. The molecule has 0 unspecified atom stereocenters. The quantitative estimate of drug-likeness (QED) is 0.213. The Balaban J connectivity index is 1.19. The SMILES string of the molecule is CCOC(=O)c1cc2c(=O)n(Cc3cncc(COC(=O)c4cc5c(=O)n(Cc6cccnc6)ccc5nc4C)c3)ccc2nc1C. The Morgan fingerprint density at radius 2 is 1.26 bits per heavy atom. The second kappa shape index (κ2) is 13.1. The Bertz CT molecular complexity index is 2280. The van der Waals surface area contributed by atoms with E-state index in [2.05, 4.69) is 19.9 Å². The molecule has 0 atom stereocenters. The fourth-order valence-corrected chi connectivity index (χ4v) is 5.30. The van der Waals surface area contributed by atoms with Gasteiger partial charge in [-0.05, 0) is 68.3 Å². The number of carbonyl (C=O) groups is 2. The largest absolute Gasteiger partial charge is 0.462 e. The average Bonchev–Trinajstić information content (AvgIpc) is 3.06. The van der Waals surface area contributed by atoms with Crippen molar-refractivity contribution in [3.8, 4) is 0 Å². The van der Waals surface area contributed by atoms with E-state index >= 15 is 0 Å². The lowest BCUT2D eigenvalue weighted by Gasteiger charge is -2.12. The van der Waals surface area contributed by atoms with Crippen molar-refractivity contribution in [3.63, 3.8) is 0 Å². The van der Waals surface area contributed by atoms with E-state index in [0.717, 1.165) is 5.56 Å². The molecule has 6 aromatic rings. The summed E-state index contributed by atoms with van der Waals surface area (Å²) in [7, 11) is 0. The molecule has 0 aliphatic heterocycles. The molecule has 12 nitrogen and oxygen atoms in total. The molecule has 6 aromatic heterocycles. The van der Waals surface area contributed by atoms with E-state index in [9.17, 15) is 19.2 Å². The van der Waals surface area contributed by atoms with Gasteiger partial charge in [-0.1, -0.05) is 6.07 Å². The van der Waals surface area contributed by atoms with Gasteiger partial charge in [0.1, 0.15) is 6.61 Å². The maximum atomic E-state index is 13.3. The first kappa shape index (κ1) is 31.0. The number of aryl methyl sites for hydroxylation is 2. The summed E-state index contributed by atoms with van der Waals surface area (Å²) >= 11 is 0. The van der Waals surface area contributed by atoms with Gasteiger partial charge >= 0.3 is 11.9 Å². The first-order valence-electron chi connectivity index (χ1n) is 14.9. The Morgan fingerprint density at radius 1 is 0.702 bits per heavy atom. The molecule has 0 bridgehead atoms. The Labute approximate surface area is 268 Å². The van der Waals surface area contributed by atoms with Crippen LogP contribution in [-0.2, 0) is 29.2 Å². The van der Waals surface area contributed by atoms with Crippen molar-refractivity contribution in [1.29, 1.82) is 0 Å². The molecule has 0 saturated heterocycles. The third-order valence-electron chi connectivity index (χ3n) is 7.66. The number of rotatable bonds is 9. The Kier molecular flexibility index (Phi) is 8.65. The first-order chi connectivity index (χ1) is 22.7. The summed E-state index contributed by atoms with van der Waals surface area (Å²) in [5.74, 6) is -1.16.